The van der Waals surface area contributed by atoms with Crippen LogP contribution in [0.4, 0.5) is 4.79 Å². The first-order chi connectivity index (χ1) is 7.58. The van der Waals surface area contributed by atoms with E-state index in [4.69, 9.17) is 9.47 Å². The average Bonchev–Trinajstić information content (AvgIpc) is 2.15. The molecule has 5 nitrogen and oxygen atoms in total. The maximum absolute atomic E-state index is 11.8. The van der Waals surface area contributed by atoms with Crippen molar-refractivity contribution in [2.45, 2.75) is 32.0 Å². The second-order valence-electron chi connectivity index (χ2n) is 4.85. The van der Waals surface area contributed by atoms with Crippen LogP contribution in [0.2, 0.25) is 0 Å². The molecule has 2 fully saturated rings. The molecule has 2 saturated heterocycles. The van der Waals surface area contributed by atoms with Crippen molar-refractivity contribution in [2.24, 2.45) is 0 Å². The summed E-state index contributed by atoms with van der Waals surface area (Å²) in [6.45, 7) is 6.57. The van der Waals surface area contributed by atoms with E-state index in [0.29, 0.717) is 38.4 Å². The summed E-state index contributed by atoms with van der Waals surface area (Å²) in [6, 6.07) is 0.624. The van der Waals surface area contributed by atoms with Crippen molar-refractivity contribution in [3.63, 3.8) is 0 Å². The lowest BCUT2D eigenvalue weighted by molar-refractivity contribution is -0.0826. The predicted molar refractivity (Wildman–Crippen MR) is 59.3 cm³/mol. The first-order valence-electron chi connectivity index (χ1n) is 5.83. The third kappa shape index (κ3) is 2.30. The van der Waals surface area contributed by atoms with E-state index in [2.05, 4.69) is 11.9 Å². The number of hydrogen-bond acceptors (Lipinski definition) is 4. The van der Waals surface area contributed by atoms with Crippen molar-refractivity contribution in [1.82, 2.24) is 9.80 Å². The van der Waals surface area contributed by atoms with Gasteiger partial charge in [-0.3, -0.25) is 4.90 Å². The van der Waals surface area contributed by atoms with Crippen molar-refractivity contribution in [3.8, 4) is 0 Å². The van der Waals surface area contributed by atoms with Gasteiger partial charge in [0.2, 0.25) is 0 Å². The molecule has 0 spiro atoms. The largest absolute Gasteiger partial charge is 0.447 e. The van der Waals surface area contributed by atoms with Crippen LogP contribution in [0.25, 0.3) is 0 Å². The Kier molecular flexibility index (Phi) is 3.35. The van der Waals surface area contributed by atoms with Crippen LogP contribution < -0.4 is 0 Å². The lowest BCUT2D eigenvalue weighted by Gasteiger charge is -2.47. The number of morpholine rings is 1. The van der Waals surface area contributed by atoms with E-state index >= 15 is 0 Å². The normalized spacial score (nSPS) is 30.6. The number of likely N-dealkylation sites (N-methyl/N-ethyl adjacent to an activating group) is 1. The number of fused-ring (bicyclic) bond motifs is 2. The second-order valence-corrected chi connectivity index (χ2v) is 4.85. The summed E-state index contributed by atoms with van der Waals surface area (Å²) in [4.78, 5) is 15.9. The van der Waals surface area contributed by atoms with Crippen molar-refractivity contribution >= 4 is 6.09 Å². The minimum Gasteiger partial charge on any atom is -0.447 e. The summed E-state index contributed by atoms with van der Waals surface area (Å²) < 4.78 is 10.7. The molecule has 0 radical (unpaired) electrons. The van der Waals surface area contributed by atoms with Gasteiger partial charge in [-0.05, 0) is 20.9 Å². The van der Waals surface area contributed by atoms with Gasteiger partial charge in [0.25, 0.3) is 0 Å². The molecule has 0 aromatic rings. The van der Waals surface area contributed by atoms with Crippen LogP contribution in [-0.4, -0.2) is 67.4 Å². The molecule has 0 aromatic carbocycles. The molecule has 2 heterocycles. The number of amides is 1. The van der Waals surface area contributed by atoms with Gasteiger partial charge in [0.05, 0.1) is 31.4 Å². The summed E-state index contributed by atoms with van der Waals surface area (Å²) in [7, 11) is 2.10. The Bertz CT molecular complexity index is 256. The third-order valence-corrected chi connectivity index (χ3v) is 3.23. The van der Waals surface area contributed by atoms with Gasteiger partial charge >= 0.3 is 6.09 Å². The monoisotopic (exact) mass is 228 g/mol. The lowest BCUT2D eigenvalue weighted by Crippen LogP contribution is -2.64. The van der Waals surface area contributed by atoms with E-state index in [0.717, 1.165) is 0 Å². The highest BCUT2D eigenvalue weighted by Crippen LogP contribution is 2.19. The molecule has 2 atom stereocenters. The number of carbonyl (C=O) groups excluding carboxylic acids is 1. The summed E-state index contributed by atoms with van der Waals surface area (Å²) in [5.74, 6) is 0. The molecule has 0 aromatic heterocycles. The predicted octanol–water partition coefficient (Wildman–Crippen LogP) is 0.546. The van der Waals surface area contributed by atoms with Crippen molar-refractivity contribution in [1.29, 1.82) is 0 Å². The zero-order chi connectivity index (χ0) is 11.7. The maximum atomic E-state index is 11.8. The molecule has 2 aliphatic heterocycles. The molecule has 2 rings (SSSR count). The molecule has 2 unspecified atom stereocenters. The molecule has 2 bridgehead atoms. The number of piperazine rings is 1. The van der Waals surface area contributed by atoms with Crippen LogP contribution in [0.1, 0.15) is 13.8 Å². The Hall–Kier alpha value is -0.810. The number of rotatable bonds is 1. The molecular formula is C11H20N2O3. The van der Waals surface area contributed by atoms with Gasteiger partial charge in [0.15, 0.2) is 0 Å². The summed E-state index contributed by atoms with van der Waals surface area (Å²) >= 11 is 0. The molecule has 16 heavy (non-hydrogen) atoms. The highest BCUT2D eigenvalue weighted by molar-refractivity contribution is 5.68. The van der Waals surface area contributed by atoms with Crippen LogP contribution in [0.15, 0.2) is 0 Å². The Morgan fingerprint density at radius 3 is 2.38 bits per heavy atom. The van der Waals surface area contributed by atoms with Crippen LogP contribution in [0.5, 0.6) is 0 Å². The van der Waals surface area contributed by atoms with E-state index in [-0.39, 0.29) is 12.2 Å². The topological polar surface area (TPSA) is 42.0 Å². The fourth-order valence-electron chi connectivity index (χ4n) is 2.24. The summed E-state index contributed by atoms with van der Waals surface area (Å²) in [5, 5.41) is 0. The summed E-state index contributed by atoms with van der Waals surface area (Å²) in [6.07, 6.45) is -0.247. The lowest BCUT2D eigenvalue weighted by atomic mass is 10.1. The molecule has 92 valence electrons. The molecule has 0 N–H and O–H groups in total. The molecule has 5 heteroatoms. The van der Waals surface area contributed by atoms with Gasteiger partial charge in [0.1, 0.15) is 0 Å². The van der Waals surface area contributed by atoms with Crippen LogP contribution in [0, 0.1) is 0 Å². The van der Waals surface area contributed by atoms with Crippen LogP contribution >= 0.6 is 0 Å². The SMILES string of the molecule is CC(C)OC(=O)N1CC2COCC(C1)N2C. The fourth-order valence-corrected chi connectivity index (χ4v) is 2.24. The van der Waals surface area contributed by atoms with Gasteiger partial charge < -0.3 is 14.4 Å². The Balaban J connectivity index is 1.96. The smallest absolute Gasteiger partial charge is 0.410 e. The van der Waals surface area contributed by atoms with E-state index in [9.17, 15) is 4.79 Å². The Morgan fingerprint density at radius 1 is 1.31 bits per heavy atom. The average molecular weight is 228 g/mol. The van der Waals surface area contributed by atoms with Gasteiger partial charge in [-0.25, -0.2) is 4.79 Å². The first kappa shape index (κ1) is 11.7. The summed E-state index contributed by atoms with van der Waals surface area (Å²) in [5.41, 5.74) is 0. The molecular weight excluding hydrogens is 208 g/mol. The van der Waals surface area contributed by atoms with E-state index < -0.39 is 0 Å². The number of hydrogen-bond donors (Lipinski definition) is 0. The van der Waals surface area contributed by atoms with Gasteiger partial charge in [0, 0.05) is 13.1 Å². The Morgan fingerprint density at radius 2 is 1.88 bits per heavy atom. The van der Waals surface area contributed by atoms with Crippen LogP contribution in [-0.2, 0) is 9.47 Å². The second kappa shape index (κ2) is 4.59. The number of ether oxygens (including phenoxy) is 2. The molecule has 1 amide bonds. The third-order valence-electron chi connectivity index (χ3n) is 3.23. The Labute approximate surface area is 96.3 Å². The van der Waals surface area contributed by atoms with Crippen molar-refractivity contribution in [2.75, 3.05) is 33.4 Å². The van der Waals surface area contributed by atoms with Gasteiger partial charge in [-0.2, -0.15) is 0 Å². The minimum atomic E-state index is -0.194. The van der Waals surface area contributed by atoms with Crippen LogP contribution in [0.3, 0.4) is 0 Å². The van der Waals surface area contributed by atoms with Crippen molar-refractivity contribution < 1.29 is 14.3 Å². The van der Waals surface area contributed by atoms with Gasteiger partial charge in [-0.1, -0.05) is 0 Å². The molecule has 2 aliphatic rings. The number of nitrogens with zero attached hydrogens (tertiary/aromatic N) is 2. The van der Waals surface area contributed by atoms with E-state index in [1.807, 2.05) is 13.8 Å². The highest BCUT2D eigenvalue weighted by Gasteiger charge is 2.38. The quantitative estimate of drug-likeness (QED) is 0.657. The molecule has 0 saturated carbocycles. The van der Waals surface area contributed by atoms with Crippen molar-refractivity contribution in [3.05, 3.63) is 0 Å². The maximum Gasteiger partial charge on any atom is 0.410 e. The van der Waals surface area contributed by atoms with E-state index in [1.54, 1.807) is 4.90 Å². The standard InChI is InChI=1S/C11H20N2O3/c1-8(2)16-11(14)13-4-9-6-15-7-10(5-13)12(9)3/h8-10H,4-7H2,1-3H3. The first-order valence-corrected chi connectivity index (χ1v) is 5.83. The molecule has 0 aliphatic carbocycles. The van der Waals surface area contributed by atoms with Gasteiger partial charge in [-0.15, -0.1) is 0 Å². The minimum absolute atomic E-state index is 0.0525. The van der Waals surface area contributed by atoms with E-state index in [1.165, 1.54) is 0 Å². The zero-order valence-electron chi connectivity index (χ0n) is 10.2. The zero-order valence-corrected chi connectivity index (χ0v) is 10.2. The fraction of sp³-hybridized carbons (Fsp3) is 0.909. The highest BCUT2D eigenvalue weighted by atomic mass is 16.6. The number of carbonyl (C=O) groups is 1.